The predicted octanol–water partition coefficient (Wildman–Crippen LogP) is 1.91. The minimum Gasteiger partial charge on any atom is -0.508 e. The van der Waals surface area contributed by atoms with Gasteiger partial charge in [0.1, 0.15) is 5.75 Å². The lowest BCUT2D eigenvalue weighted by Gasteiger charge is -2.08. The average Bonchev–Trinajstić information content (AvgIpc) is 2.03. The van der Waals surface area contributed by atoms with Crippen LogP contribution in [0, 0.1) is 0 Å². The van der Waals surface area contributed by atoms with Crippen molar-refractivity contribution in [2.45, 2.75) is 26.4 Å². The smallest absolute Gasteiger partial charge is 0.116 e. The fourth-order valence-electron chi connectivity index (χ4n) is 1.21. The SMILES string of the molecule is CC(C)c1cc(O)cc(CON)c1. The number of phenolic OH excluding ortho intramolecular Hbond substituents is 1. The number of phenols is 1. The Kier molecular flexibility index (Phi) is 3.28. The molecule has 0 fully saturated rings. The maximum atomic E-state index is 9.37. The van der Waals surface area contributed by atoms with Crippen LogP contribution in [-0.4, -0.2) is 5.11 Å². The van der Waals surface area contributed by atoms with Crippen LogP contribution in [0.25, 0.3) is 0 Å². The molecule has 0 saturated heterocycles. The molecule has 0 radical (unpaired) electrons. The third-order valence-corrected chi connectivity index (χ3v) is 1.92. The zero-order chi connectivity index (χ0) is 9.84. The van der Waals surface area contributed by atoms with Crippen molar-refractivity contribution in [1.82, 2.24) is 0 Å². The molecule has 3 nitrogen and oxygen atoms in total. The van der Waals surface area contributed by atoms with E-state index in [1.165, 1.54) is 0 Å². The third-order valence-electron chi connectivity index (χ3n) is 1.92. The molecule has 0 unspecified atom stereocenters. The van der Waals surface area contributed by atoms with Crippen molar-refractivity contribution < 1.29 is 9.94 Å². The highest BCUT2D eigenvalue weighted by molar-refractivity contribution is 5.34. The Labute approximate surface area is 78.1 Å². The van der Waals surface area contributed by atoms with E-state index in [0.29, 0.717) is 12.5 Å². The van der Waals surface area contributed by atoms with Gasteiger partial charge in [0.25, 0.3) is 0 Å². The molecule has 0 heterocycles. The molecule has 0 spiro atoms. The summed E-state index contributed by atoms with van der Waals surface area (Å²) in [5, 5.41) is 9.37. The summed E-state index contributed by atoms with van der Waals surface area (Å²) >= 11 is 0. The van der Waals surface area contributed by atoms with Crippen LogP contribution in [-0.2, 0) is 11.4 Å². The Morgan fingerprint density at radius 2 is 2.08 bits per heavy atom. The zero-order valence-electron chi connectivity index (χ0n) is 7.95. The van der Waals surface area contributed by atoms with E-state index in [4.69, 9.17) is 5.90 Å². The van der Waals surface area contributed by atoms with Crippen molar-refractivity contribution in [2.24, 2.45) is 5.90 Å². The second-order valence-corrected chi connectivity index (χ2v) is 3.40. The number of nitrogens with two attached hydrogens (primary N) is 1. The van der Waals surface area contributed by atoms with Crippen molar-refractivity contribution in [3.8, 4) is 5.75 Å². The molecule has 1 aromatic rings. The van der Waals surface area contributed by atoms with Crippen LogP contribution < -0.4 is 5.90 Å². The van der Waals surface area contributed by atoms with E-state index in [0.717, 1.165) is 11.1 Å². The van der Waals surface area contributed by atoms with Gasteiger partial charge in [0.15, 0.2) is 0 Å². The molecule has 3 N–H and O–H groups in total. The minimum absolute atomic E-state index is 0.262. The van der Waals surface area contributed by atoms with Gasteiger partial charge in [0, 0.05) is 0 Å². The van der Waals surface area contributed by atoms with Gasteiger partial charge in [0.05, 0.1) is 6.61 Å². The first-order chi connectivity index (χ1) is 6.13. The summed E-state index contributed by atoms with van der Waals surface area (Å²) in [5.74, 6) is 5.61. The molecule has 0 aliphatic rings. The molecule has 3 heteroatoms. The first kappa shape index (κ1) is 10.0. The molecule has 72 valence electrons. The van der Waals surface area contributed by atoms with Crippen LogP contribution in [0.15, 0.2) is 18.2 Å². The summed E-state index contributed by atoms with van der Waals surface area (Å²) < 4.78 is 0. The van der Waals surface area contributed by atoms with Gasteiger partial charge in [0.2, 0.25) is 0 Å². The largest absolute Gasteiger partial charge is 0.508 e. The number of rotatable bonds is 3. The fourth-order valence-corrected chi connectivity index (χ4v) is 1.21. The van der Waals surface area contributed by atoms with E-state index in [2.05, 4.69) is 18.7 Å². The van der Waals surface area contributed by atoms with Crippen LogP contribution >= 0.6 is 0 Å². The Morgan fingerprint density at radius 3 is 2.62 bits per heavy atom. The van der Waals surface area contributed by atoms with Crippen LogP contribution in [0.1, 0.15) is 30.9 Å². The molecular weight excluding hydrogens is 166 g/mol. The molecular formula is C10H15NO2. The van der Waals surface area contributed by atoms with Crippen LogP contribution in [0.3, 0.4) is 0 Å². The summed E-state index contributed by atoms with van der Waals surface area (Å²) in [4.78, 5) is 4.51. The molecule has 13 heavy (non-hydrogen) atoms. The second kappa shape index (κ2) is 4.25. The highest BCUT2D eigenvalue weighted by Gasteiger charge is 2.03. The molecule has 0 amide bonds. The lowest BCUT2D eigenvalue weighted by Crippen LogP contribution is -1.99. The van der Waals surface area contributed by atoms with Crippen LogP contribution in [0.4, 0.5) is 0 Å². The molecule has 0 bridgehead atoms. The monoisotopic (exact) mass is 181 g/mol. The van der Waals surface area contributed by atoms with E-state index < -0.39 is 0 Å². The molecule has 0 saturated carbocycles. The highest BCUT2D eigenvalue weighted by Crippen LogP contribution is 2.22. The molecule has 0 aromatic heterocycles. The Bertz CT molecular complexity index is 284. The quantitative estimate of drug-likeness (QED) is 0.700. The number of hydrogen-bond acceptors (Lipinski definition) is 3. The molecule has 1 aromatic carbocycles. The van der Waals surface area contributed by atoms with Gasteiger partial charge in [-0.1, -0.05) is 19.9 Å². The molecule has 1 rings (SSSR count). The molecule has 0 aliphatic heterocycles. The standard InChI is InChI=1S/C10H15NO2/c1-7(2)9-3-8(6-13-11)4-10(12)5-9/h3-5,7,12H,6,11H2,1-2H3. The normalized spacial score (nSPS) is 10.8. The summed E-state index contributed by atoms with van der Waals surface area (Å²) in [6.07, 6.45) is 0. The van der Waals surface area contributed by atoms with Crippen LogP contribution in [0.2, 0.25) is 0 Å². The Morgan fingerprint density at radius 1 is 1.38 bits per heavy atom. The van der Waals surface area contributed by atoms with Crippen molar-refractivity contribution in [3.63, 3.8) is 0 Å². The van der Waals surface area contributed by atoms with E-state index in [-0.39, 0.29) is 5.75 Å². The van der Waals surface area contributed by atoms with Gasteiger partial charge in [-0.25, -0.2) is 5.90 Å². The van der Waals surface area contributed by atoms with Gasteiger partial charge in [-0.05, 0) is 29.2 Å². The second-order valence-electron chi connectivity index (χ2n) is 3.40. The fraction of sp³-hybridized carbons (Fsp3) is 0.400. The Hall–Kier alpha value is -1.06. The number of aromatic hydroxyl groups is 1. The average molecular weight is 181 g/mol. The van der Waals surface area contributed by atoms with E-state index in [9.17, 15) is 5.11 Å². The molecule has 0 aliphatic carbocycles. The zero-order valence-corrected chi connectivity index (χ0v) is 7.95. The minimum atomic E-state index is 0.262. The summed E-state index contributed by atoms with van der Waals surface area (Å²) in [6.45, 7) is 4.47. The first-order valence-electron chi connectivity index (χ1n) is 4.28. The first-order valence-corrected chi connectivity index (χ1v) is 4.28. The highest BCUT2D eigenvalue weighted by atomic mass is 16.6. The molecule has 0 atom stereocenters. The van der Waals surface area contributed by atoms with Crippen molar-refractivity contribution in [2.75, 3.05) is 0 Å². The number of hydrogen-bond donors (Lipinski definition) is 2. The predicted molar refractivity (Wildman–Crippen MR) is 51.2 cm³/mol. The van der Waals surface area contributed by atoms with Gasteiger partial charge in [-0.2, -0.15) is 0 Å². The van der Waals surface area contributed by atoms with Crippen molar-refractivity contribution in [1.29, 1.82) is 0 Å². The third kappa shape index (κ3) is 2.72. The van der Waals surface area contributed by atoms with E-state index in [1.54, 1.807) is 12.1 Å². The summed E-state index contributed by atoms with van der Waals surface area (Å²) in [5.41, 5.74) is 1.98. The van der Waals surface area contributed by atoms with Gasteiger partial charge >= 0.3 is 0 Å². The maximum absolute atomic E-state index is 9.37. The van der Waals surface area contributed by atoms with Gasteiger partial charge < -0.3 is 5.11 Å². The lowest BCUT2D eigenvalue weighted by atomic mass is 10.0. The van der Waals surface area contributed by atoms with Crippen molar-refractivity contribution >= 4 is 0 Å². The summed E-state index contributed by atoms with van der Waals surface area (Å²) in [7, 11) is 0. The van der Waals surface area contributed by atoms with E-state index >= 15 is 0 Å². The topological polar surface area (TPSA) is 55.5 Å². The van der Waals surface area contributed by atoms with Gasteiger partial charge in [-0.15, -0.1) is 0 Å². The maximum Gasteiger partial charge on any atom is 0.116 e. The van der Waals surface area contributed by atoms with Crippen molar-refractivity contribution in [3.05, 3.63) is 29.3 Å². The van der Waals surface area contributed by atoms with Gasteiger partial charge in [-0.3, -0.25) is 4.84 Å². The lowest BCUT2D eigenvalue weighted by molar-refractivity contribution is 0.124. The number of benzene rings is 1. The summed E-state index contributed by atoms with van der Waals surface area (Å²) in [6, 6.07) is 5.39. The Balaban J connectivity index is 2.96. The van der Waals surface area contributed by atoms with Crippen LogP contribution in [0.5, 0.6) is 5.75 Å². The van der Waals surface area contributed by atoms with E-state index in [1.807, 2.05) is 6.07 Å².